The standard InChI is InChI=1S/C12H17BrN2O/c1-9-8-10(2-3-12(9)13)15-6-4-11(16-14)5-7-15/h2-3,8,11H,4-7,14H2,1H3. The van der Waals surface area contributed by atoms with Gasteiger partial charge in [-0.1, -0.05) is 15.9 Å². The molecule has 0 unspecified atom stereocenters. The van der Waals surface area contributed by atoms with E-state index in [2.05, 4.69) is 46.0 Å². The second kappa shape index (κ2) is 5.17. The third-order valence-corrected chi connectivity index (χ3v) is 4.03. The molecule has 0 amide bonds. The van der Waals surface area contributed by atoms with Crippen LogP contribution in [0.25, 0.3) is 0 Å². The van der Waals surface area contributed by atoms with Gasteiger partial charge in [0.1, 0.15) is 0 Å². The molecule has 2 N–H and O–H groups in total. The van der Waals surface area contributed by atoms with Gasteiger partial charge in [-0.25, -0.2) is 5.90 Å². The molecule has 3 nitrogen and oxygen atoms in total. The van der Waals surface area contributed by atoms with Gasteiger partial charge in [-0.2, -0.15) is 0 Å². The lowest BCUT2D eigenvalue weighted by atomic mass is 10.1. The molecule has 1 aliphatic heterocycles. The van der Waals surface area contributed by atoms with Crippen LogP contribution in [0, 0.1) is 6.92 Å². The molecular weight excluding hydrogens is 268 g/mol. The molecule has 0 saturated carbocycles. The Kier molecular flexibility index (Phi) is 3.84. The number of hydrogen-bond donors (Lipinski definition) is 1. The Morgan fingerprint density at radius 3 is 2.62 bits per heavy atom. The summed E-state index contributed by atoms with van der Waals surface area (Å²) in [6.45, 7) is 4.15. The summed E-state index contributed by atoms with van der Waals surface area (Å²) in [5.41, 5.74) is 2.56. The maximum Gasteiger partial charge on any atom is 0.0821 e. The van der Waals surface area contributed by atoms with Crippen LogP contribution in [0.3, 0.4) is 0 Å². The Morgan fingerprint density at radius 1 is 1.38 bits per heavy atom. The van der Waals surface area contributed by atoms with Gasteiger partial charge in [-0.15, -0.1) is 0 Å². The number of anilines is 1. The fourth-order valence-electron chi connectivity index (χ4n) is 2.08. The SMILES string of the molecule is Cc1cc(N2CCC(ON)CC2)ccc1Br. The van der Waals surface area contributed by atoms with E-state index in [1.165, 1.54) is 11.3 Å². The maximum absolute atomic E-state index is 5.21. The average molecular weight is 285 g/mol. The number of nitrogens with two attached hydrogens (primary N) is 1. The molecule has 0 aliphatic carbocycles. The van der Waals surface area contributed by atoms with Crippen molar-refractivity contribution in [2.45, 2.75) is 25.9 Å². The summed E-state index contributed by atoms with van der Waals surface area (Å²) in [5, 5.41) is 0. The van der Waals surface area contributed by atoms with Crippen molar-refractivity contribution in [2.24, 2.45) is 5.90 Å². The fourth-order valence-corrected chi connectivity index (χ4v) is 2.32. The lowest BCUT2D eigenvalue weighted by Crippen LogP contribution is -2.38. The summed E-state index contributed by atoms with van der Waals surface area (Å²) < 4.78 is 1.16. The molecule has 0 radical (unpaired) electrons. The number of nitrogens with zero attached hydrogens (tertiary/aromatic N) is 1. The molecule has 88 valence electrons. The van der Waals surface area contributed by atoms with Crippen molar-refractivity contribution < 1.29 is 4.84 Å². The van der Waals surface area contributed by atoms with Crippen LogP contribution >= 0.6 is 15.9 Å². The van der Waals surface area contributed by atoms with E-state index in [0.717, 1.165) is 30.4 Å². The van der Waals surface area contributed by atoms with Crippen LogP contribution < -0.4 is 10.8 Å². The third kappa shape index (κ3) is 2.56. The van der Waals surface area contributed by atoms with Crippen LogP contribution in [0.15, 0.2) is 22.7 Å². The monoisotopic (exact) mass is 284 g/mol. The quantitative estimate of drug-likeness (QED) is 0.849. The van der Waals surface area contributed by atoms with Gasteiger partial charge < -0.3 is 9.74 Å². The van der Waals surface area contributed by atoms with E-state index in [4.69, 9.17) is 10.7 Å². The molecule has 0 atom stereocenters. The van der Waals surface area contributed by atoms with Crippen molar-refractivity contribution in [2.75, 3.05) is 18.0 Å². The highest BCUT2D eigenvalue weighted by molar-refractivity contribution is 9.10. The molecule has 0 spiro atoms. The summed E-state index contributed by atoms with van der Waals surface area (Å²) in [6.07, 6.45) is 2.24. The molecule has 0 aromatic heterocycles. The van der Waals surface area contributed by atoms with Crippen LogP contribution in [0.2, 0.25) is 0 Å². The number of halogens is 1. The zero-order chi connectivity index (χ0) is 11.5. The fraction of sp³-hybridized carbons (Fsp3) is 0.500. The first-order valence-electron chi connectivity index (χ1n) is 5.57. The molecule has 1 saturated heterocycles. The third-order valence-electron chi connectivity index (χ3n) is 3.14. The van der Waals surface area contributed by atoms with E-state index >= 15 is 0 Å². The number of aryl methyl sites for hydroxylation is 1. The lowest BCUT2D eigenvalue weighted by molar-refractivity contribution is 0.0367. The van der Waals surface area contributed by atoms with E-state index in [9.17, 15) is 0 Å². The summed E-state index contributed by atoms with van der Waals surface area (Å²) in [6, 6.07) is 6.48. The Balaban J connectivity index is 2.05. The average Bonchev–Trinajstić information content (AvgIpc) is 2.33. The van der Waals surface area contributed by atoms with E-state index < -0.39 is 0 Å². The molecular formula is C12H17BrN2O. The van der Waals surface area contributed by atoms with Crippen molar-refractivity contribution in [1.29, 1.82) is 0 Å². The van der Waals surface area contributed by atoms with Gasteiger partial charge in [0.05, 0.1) is 6.10 Å². The first-order chi connectivity index (χ1) is 7.70. The van der Waals surface area contributed by atoms with Gasteiger partial charge in [0, 0.05) is 23.2 Å². The Hall–Kier alpha value is -0.580. The minimum absolute atomic E-state index is 0.229. The number of rotatable bonds is 2. The smallest absolute Gasteiger partial charge is 0.0821 e. The molecule has 16 heavy (non-hydrogen) atoms. The lowest BCUT2D eigenvalue weighted by Gasteiger charge is -2.32. The normalized spacial score (nSPS) is 17.8. The van der Waals surface area contributed by atoms with Crippen molar-refractivity contribution in [3.8, 4) is 0 Å². The second-order valence-electron chi connectivity index (χ2n) is 4.26. The topological polar surface area (TPSA) is 38.5 Å². The Morgan fingerprint density at radius 2 is 2.06 bits per heavy atom. The summed E-state index contributed by atoms with van der Waals surface area (Å²) in [5.74, 6) is 5.21. The molecule has 2 rings (SSSR count). The van der Waals surface area contributed by atoms with Crippen molar-refractivity contribution in [1.82, 2.24) is 0 Å². The number of benzene rings is 1. The highest BCUT2D eigenvalue weighted by Gasteiger charge is 2.19. The van der Waals surface area contributed by atoms with Crippen LogP contribution in [0.4, 0.5) is 5.69 Å². The van der Waals surface area contributed by atoms with Gasteiger partial charge in [-0.3, -0.25) is 0 Å². The molecule has 4 heteroatoms. The predicted octanol–water partition coefficient (Wildman–Crippen LogP) is 2.62. The molecule has 0 bridgehead atoms. The van der Waals surface area contributed by atoms with Crippen molar-refractivity contribution in [3.63, 3.8) is 0 Å². The predicted molar refractivity (Wildman–Crippen MR) is 69.4 cm³/mol. The van der Waals surface area contributed by atoms with Crippen molar-refractivity contribution in [3.05, 3.63) is 28.2 Å². The van der Waals surface area contributed by atoms with Gasteiger partial charge in [0.2, 0.25) is 0 Å². The van der Waals surface area contributed by atoms with E-state index in [1.807, 2.05) is 0 Å². The Labute approximate surface area is 105 Å². The van der Waals surface area contributed by atoms with Gasteiger partial charge in [0.25, 0.3) is 0 Å². The van der Waals surface area contributed by atoms with Crippen LogP contribution in [-0.4, -0.2) is 19.2 Å². The number of hydrogen-bond acceptors (Lipinski definition) is 3. The summed E-state index contributed by atoms with van der Waals surface area (Å²) in [4.78, 5) is 7.27. The number of piperidine rings is 1. The minimum Gasteiger partial charge on any atom is -0.371 e. The molecule has 1 aromatic carbocycles. The van der Waals surface area contributed by atoms with Crippen LogP contribution in [-0.2, 0) is 4.84 Å². The molecule has 1 aromatic rings. The summed E-state index contributed by atoms with van der Waals surface area (Å²) in [7, 11) is 0. The highest BCUT2D eigenvalue weighted by Crippen LogP contribution is 2.25. The largest absolute Gasteiger partial charge is 0.371 e. The van der Waals surface area contributed by atoms with Crippen molar-refractivity contribution >= 4 is 21.6 Å². The van der Waals surface area contributed by atoms with E-state index in [0.29, 0.717) is 0 Å². The highest BCUT2D eigenvalue weighted by atomic mass is 79.9. The second-order valence-corrected chi connectivity index (χ2v) is 5.11. The van der Waals surface area contributed by atoms with Gasteiger partial charge in [0.15, 0.2) is 0 Å². The van der Waals surface area contributed by atoms with E-state index in [-0.39, 0.29) is 6.10 Å². The zero-order valence-corrected chi connectivity index (χ0v) is 11.0. The first kappa shape index (κ1) is 11.9. The van der Waals surface area contributed by atoms with Gasteiger partial charge >= 0.3 is 0 Å². The van der Waals surface area contributed by atoms with Crippen LogP contribution in [0.5, 0.6) is 0 Å². The molecule has 1 aliphatic rings. The van der Waals surface area contributed by atoms with Gasteiger partial charge in [-0.05, 0) is 43.5 Å². The van der Waals surface area contributed by atoms with Crippen LogP contribution in [0.1, 0.15) is 18.4 Å². The maximum atomic E-state index is 5.21. The Bertz CT molecular complexity index is 362. The molecule has 1 heterocycles. The first-order valence-corrected chi connectivity index (χ1v) is 6.36. The summed E-state index contributed by atoms with van der Waals surface area (Å²) >= 11 is 3.52. The minimum atomic E-state index is 0.229. The zero-order valence-electron chi connectivity index (χ0n) is 9.45. The molecule has 1 fully saturated rings. The van der Waals surface area contributed by atoms with E-state index in [1.54, 1.807) is 0 Å².